The molecule has 5 heteroatoms. The highest BCUT2D eigenvalue weighted by molar-refractivity contribution is 7.85. The maximum atomic E-state index is 12.1. The standard InChI is InChI=1S/C11H17N3OS/c1-9-11(14-7-6-12-9)16(15)8-10-4-2-3-5-13-10/h6-7,10,13H,2-5,8H2,1H3/t10-,16-/m1/s1. The quantitative estimate of drug-likeness (QED) is 0.856. The first-order chi connectivity index (χ1) is 7.77. The molecule has 4 nitrogen and oxygen atoms in total. The van der Waals surface area contributed by atoms with Gasteiger partial charge in [-0.25, -0.2) is 4.98 Å². The van der Waals surface area contributed by atoms with Crippen LogP contribution in [0.1, 0.15) is 25.0 Å². The zero-order valence-corrected chi connectivity index (χ0v) is 10.3. The second kappa shape index (κ2) is 5.50. The van der Waals surface area contributed by atoms with Gasteiger partial charge in [-0.15, -0.1) is 0 Å². The molecule has 1 aliphatic rings. The summed E-state index contributed by atoms with van der Waals surface area (Å²) in [5.74, 6) is 0.652. The molecule has 2 heterocycles. The van der Waals surface area contributed by atoms with E-state index in [9.17, 15) is 4.21 Å². The summed E-state index contributed by atoms with van der Waals surface area (Å²) in [7, 11) is -1.03. The normalized spacial score (nSPS) is 22.9. The van der Waals surface area contributed by atoms with Crippen molar-refractivity contribution in [1.29, 1.82) is 0 Å². The predicted molar refractivity (Wildman–Crippen MR) is 63.7 cm³/mol. The van der Waals surface area contributed by atoms with E-state index in [0.717, 1.165) is 18.7 Å². The summed E-state index contributed by atoms with van der Waals surface area (Å²) >= 11 is 0. The molecule has 1 N–H and O–H groups in total. The van der Waals surface area contributed by atoms with E-state index in [4.69, 9.17) is 0 Å². The van der Waals surface area contributed by atoms with E-state index in [-0.39, 0.29) is 0 Å². The van der Waals surface area contributed by atoms with Crippen molar-refractivity contribution in [2.45, 2.75) is 37.3 Å². The average Bonchev–Trinajstić information content (AvgIpc) is 2.31. The van der Waals surface area contributed by atoms with Crippen LogP contribution >= 0.6 is 0 Å². The molecule has 1 fully saturated rings. The molecule has 1 aromatic rings. The smallest absolute Gasteiger partial charge is 0.148 e. The molecule has 0 aromatic carbocycles. The van der Waals surface area contributed by atoms with E-state index in [1.807, 2.05) is 6.92 Å². The van der Waals surface area contributed by atoms with Gasteiger partial charge in [-0.1, -0.05) is 6.42 Å². The molecule has 0 bridgehead atoms. The average molecular weight is 239 g/mol. The topological polar surface area (TPSA) is 54.9 Å². The van der Waals surface area contributed by atoms with Gasteiger partial charge in [-0.3, -0.25) is 9.19 Å². The van der Waals surface area contributed by atoms with Crippen LogP contribution in [-0.4, -0.2) is 32.5 Å². The lowest BCUT2D eigenvalue weighted by molar-refractivity contribution is 0.427. The molecule has 2 atom stereocenters. The Labute approximate surface area is 98.3 Å². The maximum absolute atomic E-state index is 12.1. The third-order valence-corrected chi connectivity index (χ3v) is 4.35. The van der Waals surface area contributed by atoms with Gasteiger partial charge in [-0.05, 0) is 26.3 Å². The fourth-order valence-electron chi connectivity index (χ4n) is 1.95. The Balaban J connectivity index is 2.00. The summed E-state index contributed by atoms with van der Waals surface area (Å²) in [6.45, 7) is 2.90. The minimum Gasteiger partial charge on any atom is -0.313 e. The molecule has 0 aliphatic carbocycles. The first-order valence-corrected chi connectivity index (χ1v) is 6.98. The van der Waals surface area contributed by atoms with Gasteiger partial charge in [0.1, 0.15) is 5.03 Å². The molecule has 16 heavy (non-hydrogen) atoms. The molecule has 2 rings (SSSR count). The van der Waals surface area contributed by atoms with Gasteiger partial charge in [0, 0.05) is 24.2 Å². The Bertz CT molecular complexity index is 377. The fraction of sp³-hybridized carbons (Fsp3) is 0.636. The van der Waals surface area contributed by atoms with E-state index in [1.54, 1.807) is 12.4 Å². The van der Waals surface area contributed by atoms with Crippen molar-refractivity contribution in [2.75, 3.05) is 12.3 Å². The summed E-state index contributed by atoms with van der Waals surface area (Å²) in [5, 5.41) is 4.03. The van der Waals surface area contributed by atoms with Crippen molar-refractivity contribution in [3.05, 3.63) is 18.1 Å². The van der Waals surface area contributed by atoms with Crippen LogP contribution in [0.5, 0.6) is 0 Å². The van der Waals surface area contributed by atoms with E-state index in [1.165, 1.54) is 12.8 Å². The maximum Gasteiger partial charge on any atom is 0.148 e. The predicted octanol–water partition coefficient (Wildman–Crippen LogP) is 1.03. The highest BCUT2D eigenvalue weighted by Gasteiger charge is 2.18. The van der Waals surface area contributed by atoms with E-state index >= 15 is 0 Å². The first-order valence-electron chi connectivity index (χ1n) is 5.67. The van der Waals surface area contributed by atoms with Gasteiger partial charge in [0.2, 0.25) is 0 Å². The number of piperidine rings is 1. The lowest BCUT2D eigenvalue weighted by Gasteiger charge is -2.22. The number of hydrogen-bond acceptors (Lipinski definition) is 4. The van der Waals surface area contributed by atoms with Crippen LogP contribution in [0, 0.1) is 6.92 Å². The summed E-state index contributed by atoms with van der Waals surface area (Å²) < 4.78 is 12.1. The number of nitrogens with one attached hydrogen (secondary N) is 1. The van der Waals surface area contributed by atoms with Gasteiger partial charge in [-0.2, -0.15) is 0 Å². The molecule has 1 saturated heterocycles. The van der Waals surface area contributed by atoms with Crippen LogP contribution in [0.15, 0.2) is 17.4 Å². The van der Waals surface area contributed by atoms with Gasteiger partial charge < -0.3 is 5.32 Å². The third kappa shape index (κ3) is 2.86. The fourth-order valence-corrected chi connectivity index (χ4v) is 3.31. The van der Waals surface area contributed by atoms with Crippen molar-refractivity contribution in [3.63, 3.8) is 0 Å². The number of hydrogen-bond donors (Lipinski definition) is 1. The second-order valence-corrected chi connectivity index (χ2v) is 5.52. The second-order valence-electron chi connectivity index (χ2n) is 4.11. The van der Waals surface area contributed by atoms with E-state index < -0.39 is 10.8 Å². The van der Waals surface area contributed by atoms with Crippen LogP contribution in [0.3, 0.4) is 0 Å². The molecule has 1 aliphatic heterocycles. The number of aryl methyl sites for hydroxylation is 1. The number of nitrogens with zero attached hydrogens (tertiary/aromatic N) is 2. The zero-order chi connectivity index (χ0) is 11.4. The number of rotatable bonds is 3. The van der Waals surface area contributed by atoms with Gasteiger partial charge in [0.05, 0.1) is 16.5 Å². The molecule has 0 radical (unpaired) electrons. The molecule has 0 saturated carbocycles. The molecular weight excluding hydrogens is 222 g/mol. The summed E-state index contributed by atoms with van der Waals surface area (Å²) in [6.07, 6.45) is 6.82. The Morgan fingerprint density at radius 3 is 2.94 bits per heavy atom. The highest BCUT2D eigenvalue weighted by atomic mass is 32.2. The van der Waals surface area contributed by atoms with Crippen molar-refractivity contribution >= 4 is 10.8 Å². The van der Waals surface area contributed by atoms with E-state index in [2.05, 4.69) is 15.3 Å². The Morgan fingerprint density at radius 2 is 2.25 bits per heavy atom. The zero-order valence-electron chi connectivity index (χ0n) is 9.48. The van der Waals surface area contributed by atoms with Crippen molar-refractivity contribution in [3.8, 4) is 0 Å². The van der Waals surface area contributed by atoms with Crippen LogP contribution in [0.4, 0.5) is 0 Å². The Kier molecular flexibility index (Phi) is 4.01. The highest BCUT2D eigenvalue weighted by Crippen LogP contribution is 2.12. The SMILES string of the molecule is Cc1nccnc1[S@](=O)C[C@H]1CCCCN1. The summed E-state index contributed by atoms with van der Waals surface area (Å²) in [6, 6.07) is 0.371. The molecule has 1 aromatic heterocycles. The minimum absolute atomic E-state index is 0.371. The van der Waals surface area contributed by atoms with Crippen molar-refractivity contribution < 1.29 is 4.21 Å². The van der Waals surface area contributed by atoms with Gasteiger partial charge >= 0.3 is 0 Å². The first kappa shape index (κ1) is 11.7. The number of aromatic nitrogens is 2. The van der Waals surface area contributed by atoms with Crippen molar-refractivity contribution in [2.24, 2.45) is 0 Å². The summed E-state index contributed by atoms with van der Waals surface area (Å²) in [5.41, 5.74) is 0.775. The minimum atomic E-state index is -1.03. The monoisotopic (exact) mass is 239 g/mol. The lowest BCUT2D eigenvalue weighted by atomic mass is 10.1. The molecule has 0 unspecified atom stereocenters. The Morgan fingerprint density at radius 1 is 1.44 bits per heavy atom. The molecule has 0 spiro atoms. The molecule has 88 valence electrons. The lowest BCUT2D eigenvalue weighted by Crippen LogP contribution is -2.38. The van der Waals surface area contributed by atoms with Gasteiger partial charge in [0.25, 0.3) is 0 Å². The largest absolute Gasteiger partial charge is 0.313 e. The van der Waals surface area contributed by atoms with E-state index in [0.29, 0.717) is 16.8 Å². The van der Waals surface area contributed by atoms with Crippen LogP contribution in [0.25, 0.3) is 0 Å². The third-order valence-electron chi connectivity index (χ3n) is 2.82. The Hall–Kier alpha value is -0.810. The van der Waals surface area contributed by atoms with Crippen LogP contribution in [0.2, 0.25) is 0 Å². The molecular formula is C11H17N3OS. The van der Waals surface area contributed by atoms with Gasteiger partial charge in [0.15, 0.2) is 0 Å². The summed E-state index contributed by atoms with van der Waals surface area (Å²) in [4.78, 5) is 8.27. The van der Waals surface area contributed by atoms with Crippen LogP contribution in [-0.2, 0) is 10.8 Å². The van der Waals surface area contributed by atoms with Crippen LogP contribution < -0.4 is 5.32 Å². The molecule has 0 amide bonds. The van der Waals surface area contributed by atoms with Crippen molar-refractivity contribution in [1.82, 2.24) is 15.3 Å².